The van der Waals surface area contributed by atoms with Gasteiger partial charge in [0, 0.05) is 10.9 Å². The number of carbonyl (C=O) groups is 1. The maximum absolute atomic E-state index is 10.8. The van der Waals surface area contributed by atoms with E-state index in [0.717, 1.165) is 0 Å². The third-order valence-electron chi connectivity index (χ3n) is 2.57. The van der Waals surface area contributed by atoms with Crippen LogP contribution in [0.3, 0.4) is 0 Å². The van der Waals surface area contributed by atoms with Gasteiger partial charge in [-0.1, -0.05) is 22.0 Å². The Morgan fingerprint density at radius 3 is 2.61 bits per heavy atom. The summed E-state index contributed by atoms with van der Waals surface area (Å²) >= 11 is 3.18. The third-order valence-corrected chi connectivity index (χ3v) is 3.03. The quantitative estimate of drug-likeness (QED) is 0.693. The van der Waals surface area contributed by atoms with E-state index in [2.05, 4.69) is 15.9 Å². The number of aliphatic hydroxyl groups is 2. The molecule has 0 aliphatic carbocycles. The minimum atomic E-state index is -1.11. The first-order valence-electron chi connectivity index (χ1n) is 5.34. The summed E-state index contributed by atoms with van der Waals surface area (Å²) in [5.41, 5.74) is 0.439. The van der Waals surface area contributed by atoms with Crippen LogP contribution in [-0.4, -0.2) is 39.8 Å². The Morgan fingerprint density at radius 1 is 1.44 bits per heavy atom. The standard InChI is InChI=1S/C12H15BrO5/c1-18-10-6-7(12(16)17)2-3-8(10)11(15)9(14)4-5-13/h2-3,6,9,11,14-15H,4-5H2,1H3,(H,16,17). The van der Waals surface area contributed by atoms with Crippen molar-refractivity contribution in [1.29, 1.82) is 0 Å². The van der Waals surface area contributed by atoms with Crippen molar-refractivity contribution in [2.24, 2.45) is 0 Å². The van der Waals surface area contributed by atoms with Crippen LogP contribution in [-0.2, 0) is 0 Å². The molecule has 0 aromatic heterocycles. The van der Waals surface area contributed by atoms with Crippen molar-refractivity contribution in [3.8, 4) is 5.75 Å². The molecule has 0 spiro atoms. The van der Waals surface area contributed by atoms with Crippen LogP contribution in [0.1, 0.15) is 28.4 Å². The van der Waals surface area contributed by atoms with Gasteiger partial charge in [0.2, 0.25) is 0 Å². The van der Waals surface area contributed by atoms with Gasteiger partial charge in [0.25, 0.3) is 0 Å². The fraction of sp³-hybridized carbons (Fsp3) is 0.417. The molecule has 2 atom stereocenters. The summed E-state index contributed by atoms with van der Waals surface area (Å²) in [6, 6.07) is 4.14. The predicted molar refractivity (Wildman–Crippen MR) is 69.3 cm³/mol. The van der Waals surface area contributed by atoms with Crippen LogP contribution in [0, 0.1) is 0 Å². The van der Waals surface area contributed by atoms with Gasteiger partial charge in [-0.3, -0.25) is 0 Å². The Hall–Kier alpha value is -1.11. The maximum Gasteiger partial charge on any atom is 0.335 e. The molecule has 0 radical (unpaired) electrons. The van der Waals surface area contributed by atoms with Crippen molar-refractivity contribution >= 4 is 21.9 Å². The van der Waals surface area contributed by atoms with Crippen molar-refractivity contribution in [3.63, 3.8) is 0 Å². The van der Waals surface area contributed by atoms with Gasteiger partial charge in [0.1, 0.15) is 11.9 Å². The van der Waals surface area contributed by atoms with Gasteiger partial charge < -0.3 is 20.1 Å². The molecule has 0 saturated heterocycles. The average molecular weight is 319 g/mol. The minimum Gasteiger partial charge on any atom is -0.496 e. The van der Waals surface area contributed by atoms with Crippen molar-refractivity contribution in [1.82, 2.24) is 0 Å². The smallest absolute Gasteiger partial charge is 0.335 e. The molecule has 3 N–H and O–H groups in total. The SMILES string of the molecule is COc1cc(C(=O)O)ccc1C(O)C(O)CCBr. The molecule has 0 heterocycles. The van der Waals surface area contributed by atoms with Gasteiger partial charge >= 0.3 is 5.97 Å². The van der Waals surface area contributed by atoms with Gasteiger partial charge in [-0.05, 0) is 18.6 Å². The summed E-state index contributed by atoms with van der Waals surface area (Å²) in [6.07, 6.45) is -1.67. The maximum atomic E-state index is 10.8. The molecule has 6 heteroatoms. The van der Waals surface area contributed by atoms with E-state index in [1.54, 1.807) is 0 Å². The van der Waals surface area contributed by atoms with E-state index in [1.807, 2.05) is 0 Å². The zero-order chi connectivity index (χ0) is 13.7. The minimum absolute atomic E-state index is 0.0674. The molecule has 0 bridgehead atoms. The number of carboxylic acids is 1. The Kier molecular flexibility index (Phi) is 5.58. The molecule has 1 rings (SSSR count). The highest BCUT2D eigenvalue weighted by atomic mass is 79.9. The summed E-state index contributed by atoms with van der Waals surface area (Å²) in [6.45, 7) is 0. The number of halogens is 1. The number of hydrogen-bond acceptors (Lipinski definition) is 4. The number of benzene rings is 1. The topological polar surface area (TPSA) is 87.0 Å². The molecule has 2 unspecified atom stereocenters. The number of rotatable bonds is 6. The predicted octanol–water partition coefficient (Wildman–Crippen LogP) is 1.57. The lowest BCUT2D eigenvalue weighted by molar-refractivity contribution is 0.0160. The molecule has 5 nitrogen and oxygen atoms in total. The number of aliphatic hydroxyl groups excluding tert-OH is 2. The second-order valence-electron chi connectivity index (χ2n) is 3.75. The van der Waals surface area contributed by atoms with E-state index in [9.17, 15) is 15.0 Å². The van der Waals surface area contributed by atoms with Crippen molar-refractivity contribution in [2.45, 2.75) is 18.6 Å². The molecule has 18 heavy (non-hydrogen) atoms. The largest absolute Gasteiger partial charge is 0.496 e. The highest BCUT2D eigenvalue weighted by Crippen LogP contribution is 2.29. The van der Waals surface area contributed by atoms with Gasteiger partial charge in [-0.2, -0.15) is 0 Å². The zero-order valence-electron chi connectivity index (χ0n) is 9.84. The highest BCUT2D eigenvalue weighted by molar-refractivity contribution is 9.09. The van der Waals surface area contributed by atoms with E-state index < -0.39 is 18.2 Å². The first-order chi connectivity index (χ1) is 8.51. The first kappa shape index (κ1) is 14.9. The summed E-state index contributed by atoms with van der Waals surface area (Å²) < 4.78 is 5.04. The van der Waals surface area contributed by atoms with Crippen LogP contribution < -0.4 is 4.74 Å². The number of hydrogen-bond donors (Lipinski definition) is 3. The molecule has 0 aliphatic heterocycles. The Bertz CT molecular complexity index is 421. The summed E-state index contributed by atoms with van der Waals surface area (Å²) in [4.78, 5) is 10.8. The van der Waals surface area contributed by atoms with Crippen molar-refractivity contribution in [3.05, 3.63) is 29.3 Å². The second kappa shape index (κ2) is 6.72. The van der Waals surface area contributed by atoms with E-state index in [0.29, 0.717) is 17.3 Å². The van der Waals surface area contributed by atoms with Crippen LogP contribution >= 0.6 is 15.9 Å². The normalized spacial score (nSPS) is 14.0. The molecule has 1 aromatic carbocycles. The molecule has 0 amide bonds. The molecular formula is C12H15BrO5. The van der Waals surface area contributed by atoms with Crippen molar-refractivity contribution in [2.75, 3.05) is 12.4 Å². The van der Waals surface area contributed by atoms with Gasteiger partial charge in [0.15, 0.2) is 0 Å². The Balaban J connectivity index is 3.05. The first-order valence-corrected chi connectivity index (χ1v) is 6.46. The van der Waals surface area contributed by atoms with E-state index >= 15 is 0 Å². The van der Waals surface area contributed by atoms with Crippen molar-refractivity contribution < 1.29 is 24.9 Å². The monoisotopic (exact) mass is 318 g/mol. The highest BCUT2D eigenvalue weighted by Gasteiger charge is 2.22. The fourth-order valence-electron chi connectivity index (χ4n) is 1.57. The van der Waals surface area contributed by atoms with Gasteiger partial charge in [-0.25, -0.2) is 4.79 Å². The number of carboxylic acid groups (broad SMARTS) is 1. The number of alkyl halides is 1. The Morgan fingerprint density at radius 2 is 2.11 bits per heavy atom. The summed E-state index contributed by atoms with van der Waals surface area (Å²) in [7, 11) is 1.38. The van der Waals surface area contributed by atoms with Crippen LogP contribution in [0.15, 0.2) is 18.2 Å². The third kappa shape index (κ3) is 3.44. The lowest BCUT2D eigenvalue weighted by atomic mass is 10.00. The average Bonchev–Trinajstić information content (AvgIpc) is 2.37. The summed E-state index contributed by atoms with van der Waals surface area (Å²) in [5.74, 6) is -0.827. The zero-order valence-corrected chi connectivity index (χ0v) is 11.4. The molecule has 0 fully saturated rings. The lowest BCUT2D eigenvalue weighted by Gasteiger charge is -2.19. The fourth-order valence-corrected chi connectivity index (χ4v) is 2.03. The Labute approximate surface area is 113 Å². The lowest BCUT2D eigenvalue weighted by Crippen LogP contribution is -2.19. The number of aromatic carboxylic acids is 1. The summed E-state index contributed by atoms with van der Waals surface area (Å²) in [5, 5.41) is 29.1. The molecule has 0 saturated carbocycles. The van der Waals surface area contributed by atoms with Crippen LogP contribution in [0.4, 0.5) is 0 Å². The second-order valence-corrected chi connectivity index (χ2v) is 4.54. The molecule has 0 aliphatic rings. The number of methoxy groups -OCH3 is 1. The van der Waals surface area contributed by atoms with Crippen LogP contribution in [0.2, 0.25) is 0 Å². The molecule has 100 valence electrons. The van der Waals surface area contributed by atoms with Gasteiger partial charge in [-0.15, -0.1) is 0 Å². The van der Waals surface area contributed by atoms with E-state index in [-0.39, 0.29) is 11.3 Å². The van der Waals surface area contributed by atoms with E-state index in [1.165, 1.54) is 25.3 Å². The molecular weight excluding hydrogens is 304 g/mol. The van der Waals surface area contributed by atoms with Crippen LogP contribution in [0.25, 0.3) is 0 Å². The van der Waals surface area contributed by atoms with Gasteiger partial charge in [0.05, 0.1) is 18.8 Å². The van der Waals surface area contributed by atoms with E-state index in [4.69, 9.17) is 9.84 Å². The molecule has 1 aromatic rings. The number of ether oxygens (including phenoxy) is 1. The van der Waals surface area contributed by atoms with Crippen LogP contribution in [0.5, 0.6) is 5.75 Å².